The first kappa shape index (κ1) is 16.0. The Labute approximate surface area is 137 Å². The molecule has 2 unspecified atom stereocenters. The third-order valence-corrected chi connectivity index (χ3v) is 4.89. The molecule has 0 radical (unpaired) electrons. The van der Waals surface area contributed by atoms with E-state index >= 15 is 0 Å². The monoisotopic (exact) mass is 315 g/mol. The summed E-state index contributed by atoms with van der Waals surface area (Å²) in [6, 6.07) is 8.22. The Bertz CT molecular complexity index is 587. The van der Waals surface area contributed by atoms with Crippen LogP contribution in [0, 0.1) is 5.92 Å². The number of hydrogen-bond acceptors (Lipinski definition) is 3. The SMILES string of the molecule is CC1CNCCC1NC(=O)CCN1C(=O)CCc2ccccc21. The van der Waals surface area contributed by atoms with Gasteiger partial charge < -0.3 is 15.5 Å². The van der Waals surface area contributed by atoms with Crippen LogP contribution < -0.4 is 15.5 Å². The van der Waals surface area contributed by atoms with Crippen molar-refractivity contribution in [3.63, 3.8) is 0 Å². The van der Waals surface area contributed by atoms with Gasteiger partial charge in [0.2, 0.25) is 11.8 Å². The maximum atomic E-state index is 12.2. The van der Waals surface area contributed by atoms with Crippen LogP contribution >= 0.6 is 0 Å². The van der Waals surface area contributed by atoms with Gasteiger partial charge in [0.15, 0.2) is 0 Å². The Morgan fingerprint density at radius 3 is 3.00 bits per heavy atom. The molecule has 0 aromatic heterocycles. The summed E-state index contributed by atoms with van der Waals surface area (Å²) in [6.45, 7) is 4.51. The first-order chi connectivity index (χ1) is 11.1. The number of nitrogens with zero attached hydrogens (tertiary/aromatic N) is 1. The minimum atomic E-state index is 0.0413. The fourth-order valence-electron chi connectivity index (χ4n) is 3.46. The zero-order valence-corrected chi connectivity index (χ0v) is 13.7. The van der Waals surface area contributed by atoms with Crippen molar-refractivity contribution < 1.29 is 9.59 Å². The average Bonchev–Trinajstić information content (AvgIpc) is 2.56. The van der Waals surface area contributed by atoms with Crippen LogP contribution in [0.3, 0.4) is 0 Å². The summed E-state index contributed by atoms with van der Waals surface area (Å²) < 4.78 is 0. The van der Waals surface area contributed by atoms with E-state index < -0.39 is 0 Å². The number of anilines is 1. The normalized spacial score (nSPS) is 24.2. The number of rotatable bonds is 4. The van der Waals surface area contributed by atoms with Crippen LogP contribution in [-0.2, 0) is 16.0 Å². The van der Waals surface area contributed by atoms with Crippen LogP contribution in [0.15, 0.2) is 24.3 Å². The number of carbonyl (C=O) groups excluding carboxylic acids is 2. The Kier molecular flexibility index (Phi) is 4.96. The number of benzene rings is 1. The van der Waals surface area contributed by atoms with Gasteiger partial charge in [0, 0.05) is 31.1 Å². The summed E-state index contributed by atoms with van der Waals surface area (Å²) in [5.74, 6) is 0.608. The highest BCUT2D eigenvalue weighted by Gasteiger charge is 2.26. The lowest BCUT2D eigenvalue weighted by atomic mass is 9.95. The Morgan fingerprint density at radius 2 is 2.17 bits per heavy atom. The molecule has 1 fully saturated rings. The average molecular weight is 315 g/mol. The standard InChI is InChI=1S/C18H25N3O2/c1-13-12-19-10-8-15(13)20-17(22)9-11-21-16-5-3-2-4-14(16)6-7-18(21)23/h2-5,13,15,19H,6-12H2,1H3,(H,20,22). The second-order valence-corrected chi connectivity index (χ2v) is 6.57. The second-order valence-electron chi connectivity index (χ2n) is 6.57. The van der Waals surface area contributed by atoms with E-state index in [1.165, 1.54) is 5.56 Å². The fraction of sp³-hybridized carbons (Fsp3) is 0.556. The van der Waals surface area contributed by atoms with Gasteiger partial charge in [0.05, 0.1) is 0 Å². The lowest BCUT2D eigenvalue weighted by Gasteiger charge is -2.31. The van der Waals surface area contributed by atoms with Crippen LogP contribution in [0.1, 0.15) is 31.7 Å². The van der Waals surface area contributed by atoms with Crippen molar-refractivity contribution >= 4 is 17.5 Å². The molecule has 2 atom stereocenters. The van der Waals surface area contributed by atoms with Gasteiger partial charge in [-0.05, 0) is 43.5 Å². The van der Waals surface area contributed by atoms with E-state index in [1.54, 1.807) is 4.90 Å². The lowest BCUT2D eigenvalue weighted by Crippen LogP contribution is -2.49. The highest BCUT2D eigenvalue weighted by molar-refractivity contribution is 5.97. The molecule has 1 saturated heterocycles. The highest BCUT2D eigenvalue weighted by atomic mass is 16.2. The largest absolute Gasteiger partial charge is 0.353 e. The molecule has 2 amide bonds. The molecule has 0 spiro atoms. The Hall–Kier alpha value is -1.88. The number of piperidine rings is 1. The molecule has 0 saturated carbocycles. The molecule has 5 heteroatoms. The number of carbonyl (C=O) groups is 2. The van der Waals surface area contributed by atoms with Gasteiger partial charge in [-0.1, -0.05) is 25.1 Å². The van der Waals surface area contributed by atoms with Crippen molar-refractivity contribution in [1.29, 1.82) is 0 Å². The number of hydrogen-bond donors (Lipinski definition) is 2. The molecule has 0 bridgehead atoms. The third-order valence-electron chi connectivity index (χ3n) is 4.89. The molecule has 2 aliphatic heterocycles. The van der Waals surface area contributed by atoms with E-state index in [1.807, 2.05) is 18.2 Å². The maximum Gasteiger partial charge on any atom is 0.227 e. The molecule has 5 nitrogen and oxygen atoms in total. The summed E-state index contributed by atoms with van der Waals surface area (Å²) >= 11 is 0. The van der Waals surface area contributed by atoms with Crippen LogP contribution in [-0.4, -0.2) is 37.5 Å². The van der Waals surface area contributed by atoms with E-state index in [4.69, 9.17) is 0 Å². The number of para-hydroxylation sites is 1. The predicted octanol–water partition coefficient (Wildman–Crippen LogP) is 1.47. The number of amides is 2. The van der Waals surface area contributed by atoms with Gasteiger partial charge in [-0.3, -0.25) is 9.59 Å². The van der Waals surface area contributed by atoms with E-state index in [2.05, 4.69) is 23.6 Å². The first-order valence-electron chi connectivity index (χ1n) is 8.53. The fourth-order valence-corrected chi connectivity index (χ4v) is 3.46. The van der Waals surface area contributed by atoms with Crippen molar-refractivity contribution in [3.8, 4) is 0 Å². The topological polar surface area (TPSA) is 61.4 Å². The number of nitrogens with one attached hydrogen (secondary N) is 2. The summed E-state index contributed by atoms with van der Waals surface area (Å²) in [7, 11) is 0. The highest BCUT2D eigenvalue weighted by Crippen LogP contribution is 2.27. The molecule has 124 valence electrons. The quantitative estimate of drug-likeness (QED) is 0.884. The molecule has 3 rings (SSSR count). The van der Waals surface area contributed by atoms with Crippen molar-refractivity contribution in [2.45, 2.75) is 38.6 Å². The van der Waals surface area contributed by atoms with Crippen LogP contribution in [0.4, 0.5) is 5.69 Å². The minimum absolute atomic E-state index is 0.0413. The van der Waals surface area contributed by atoms with Gasteiger partial charge in [-0.2, -0.15) is 0 Å². The van der Waals surface area contributed by atoms with Crippen LogP contribution in [0.2, 0.25) is 0 Å². The molecule has 2 heterocycles. The van der Waals surface area contributed by atoms with Crippen molar-refractivity contribution in [3.05, 3.63) is 29.8 Å². The zero-order valence-electron chi connectivity index (χ0n) is 13.7. The van der Waals surface area contributed by atoms with Crippen molar-refractivity contribution in [2.75, 3.05) is 24.5 Å². The van der Waals surface area contributed by atoms with Crippen LogP contribution in [0.25, 0.3) is 0 Å². The summed E-state index contributed by atoms with van der Waals surface area (Å²) in [4.78, 5) is 26.2. The zero-order chi connectivity index (χ0) is 16.2. The molecule has 1 aromatic carbocycles. The molecule has 2 aliphatic rings. The second kappa shape index (κ2) is 7.13. The van der Waals surface area contributed by atoms with E-state index in [9.17, 15) is 9.59 Å². The maximum absolute atomic E-state index is 12.2. The first-order valence-corrected chi connectivity index (χ1v) is 8.53. The van der Waals surface area contributed by atoms with Gasteiger partial charge in [0.25, 0.3) is 0 Å². The van der Waals surface area contributed by atoms with Crippen molar-refractivity contribution in [2.24, 2.45) is 5.92 Å². The van der Waals surface area contributed by atoms with Gasteiger partial charge in [-0.15, -0.1) is 0 Å². The van der Waals surface area contributed by atoms with Crippen molar-refractivity contribution in [1.82, 2.24) is 10.6 Å². The van der Waals surface area contributed by atoms with E-state index in [-0.39, 0.29) is 17.9 Å². The summed E-state index contributed by atoms with van der Waals surface area (Å²) in [5.41, 5.74) is 2.16. The lowest BCUT2D eigenvalue weighted by molar-refractivity contribution is -0.122. The predicted molar refractivity (Wildman–Crippen MR) is 90.3 cm³/mol. The third kappa shape index (κ3) is 3.72. The summed E-state index contributed by atoms with van der Waals surface area (Å²) in [6.07, 6.45) is 2.66. The van der Waals surface area contributed by atoms with E-state index in [0.29, 0.717) is 25.3 Å². The molecule has 1 aromatic rings. The Morgan fingerprint density at radius 1 is 1.35 bits per heavy atom. The van der Waals surface area contributed by atoms with Crippen LogP contribution in [0.5, 0.6) is 0 Å². The molecule has 2 N–H and O–H groups in total. The van der Waals surface area contributed by atoms with Gasteiger partial charge in [-0.25, -0.2) is 0 Å². The number of aryl methyl sites for hydroxylation is 1. The van der Waals surface area contributed by atoms with Gasteiger partial charge >= 0.3 is 0 Å². The minimum Gasteiger partial charge on any atom is -0.353 e. The Balaban J connectivity index is 1.57. The molecular weight excluding hydrogens is 290 g/mol. The van der Waals surface area contributed by atoms with Gasteiger partial charge in [0.1, 0.15) is 0 Å². The number of fused-ring (bicyclic) bond motifs is 1. The molecular formula is C18H25N3O2. The molecule has 23 heavy (non-hydrogen) atoms. The van der Waals surface area contributed by atoms with E-state index in [0.717, 1.165) is 31.6 Å². The molecule has 0 aliphatic carbocycles. The summed E-state index contributed by atoms with van der Waals surface area (Å²) in [5, 5.41) is 6.46. The smallest absolute Gasteiger partial charge is 0.227 e.